The third-order valence-electron chi connectivity index (χ3n) is 2.92. The molecule has 7 heteroatoms. The second-order valence-corrected chi connectivity index (χ2v) is 6.25. The zero-order chi connectivity index (χ0) is 18.9. The molecule has 0 saturated heterocycles. The number of ether oxygens (including phenoxy) is 1. The lowest BCUT2D eigenvalue weighted by Crippen LogP contribution is -2.37. The molecule has 0 bridgehead atoms. The standard InChI is InChI=1S/C18H25N3O4/c1-18(2,3)25-17(24)21-12-11-20-15(22)10-7-13-5-8-14(9-6-13)16(23)19-4/h5-10H,11-12H2,1-4H3,(H,19,23)(H,20,22)(H,21,24)/b10-7-. The van der Waals surface area contributed by atoms with Crippen LogP contribution in [0.2, 0.25) is 0 Å². The molecule has 0 unspecified atom stereocenters. The summed E-state index contributed by atoms with van der Waals surface area (Å²) in [5, 5.41) is 7.74. The summed E-state index contributed by atoms with van der Waals surface area (Å²) < 4.78 is 5.08. The molecule has 25 heavy (non-hydrogen) atoms. The van der Waals surface area contributed by atoms with Gasteiger partial charge in [-0.1, -0.05) is 12.1 Å². The van der Waals surface area contributed by atoms with E-state index in [4.69, 9.17) is 4.74 Å². The Bertz CT molecular complexity index is 631. The van der Waals surface area contributed by atoms with Crippen molar-refractivity contribution in [2.24, 2.45) is 0 Å². The van der Waals surface area contributed by atoms with Crippen molar-refractivity contribution in [3.8, 4) is 0 Å². The van der Waals surface area contributed by atoms with Crippen molar-refractivity contribution < 1.29 is 19.1 Å². The van der Waals surface area contributed by atoms with Crippen LogP contribution in [0.15, 0.2) is 30.3 Å². The number of amides is 3. The number of benzene rings is 1. The van der Waals surface area contributed by atoms with E-state index in [1.807, 2.05) is 0 Å². The van der Waals surface area contributed by atoms with Crippen molar-refractivity contribution >= 4 is 24.0 Å². The molecule has 0 fully saturated rings. The highest BCUT2D eigenvalue weighted by Gasteiger charge is 2.15. The fourth-order valence-electron chi connectivity index (χ4n) is 1.79. The molecule has 3 amide bonds. The molecule has 3 N–H and O–H groups in total. The van der Waals surface area contributed by atoms with Gasteiger partial charge in [0.1, 0.15) is 5.60 Å². The molecule has 0 heterocycles. The van der Waals surface area contributed by atoms with Crippen molar-refractivity contribution in [1.29, 1.82) is 0 Å². The minimum atomic E-state index is -0.552. The molecule has 7 nitrogen and oxygen atoms in total. The molecule has 0 spiro atoms. The predicted octanol–water partition coefficient (Wildman–Crippen LogP) is 1.70. The van der Waals surface area contributed by atoms with Gasteiger partial charge in [0.05, 0.1) is 0 Å². The lowest BCUT2D eigenvalue weighted by molar-refractivity contribution is -0.116. The Morgan fingerprint density at radius 2 is 1.64 bits per heavy atom. The first kappa shape index (κ1) is 20.2. The quantitative estimate of drug-likeness (QED) is 0.539. The second kappa shape index (κ2) is 9.46. The van der Waals surface area contributed by atoms with Crippen LogP contribution in [0.5, 0.6) is 0 Å². The summed E-state index contributed by atoms with van der Waals surface area (Å²) in [6.45, 7) is 5.90. The van der Waals surface area contributed by atoms with Crippen LogP contribution in [0.1, 0.15) is 36.7 Å². The topological polar surface area (TPSA) is 96.5 Å². The van der Waals surface area contributed by atoms with Gasteiger partial charge < -0.3 is 20.7 Å². The lowest BCUT2D eigenvalue weighted by atomic mass is 10.1. The Hall–Kier alpha value is -2.83. The van der Waals surface area contributed by atoms with E-state index in [-0.39, 0.29) is 24.9 Å². The molecule has 0 atom stereocenters. The van der Waals surface area contributed by atoms with Crippen molar-refractivity contribution in [3.63, 3.8) is 0 Å². The Balaban J connectivity index is 2.33. The van der Waals surface area contributed by atoms with Crippen molar-refractivity contribution in [3.05, 3.63) is 41.5 Å². The Morgan fingerprint density at radius 3 is 2.20 bits per heavy atom. The van der Waals surface area contributed by atoms with Gasteiger partial charge in [0.25, 0.3) is 5.91 Å². The molecule has 1 aromatic carbocycles. The first-order valence-corrected chi connectivity index (χ1v) is 7.96. The maximum Gasteiger partial charge on any atom is 0.407 e. The van der Waals surface area contributed by atoms with Crippen LogP contribution in [0.3, 0.4) is 0 Å². The number of carbonyl (C=O) groups excluding carboxylic acids is 3. The van der Waals surface area contributed by atoms with Gasteiger partial charge in [-0.25, -0.2) is 4.79 Å². The second-order valence-electron chi connectivity index (χ2n) is 6.25. The molecule has 136 valence electrons. The van der Waals surface area contributed by atoms with Gasteiger partial charge in [-0.2, -0.15) is 0 Å². The van der Waals surface area contributed by atoms with Gasteiger partial charge in [-0.15, -0.1) is 0 Å². The predicted molar refractivity (Wildman–Crippen MR) is 96.1 cm³/mol. The smallest absolute Gasteiger partial charge is 0.407 e. The number of carbonyl (C=O) groups is 3. The third-order valence-corrected chi connectivity index (χ3v) is 2.92. The zero-order valence-corrected chi connectivity index (χ0v) is 15.0. The fraction of sp³-hybridized carbons (Fsp3) is 0.389. The molecule has 1 rings (SSSR count). The summed E-state index contributed by atoms with van der Waals surface area (Å²) in [7, 11) is 1.57. The fourth-order valence-corrected chi connectivity index (χ4v) is 1.79. The van der Waals surface area contributed by atoms with Crippen LogP contribution in [-0.2, 0) is 9.53 Å². The molecule has 0 aromatic heterocycles. The maximum absolute atomic E-state index is 11.7. The Labute approximate surface area is 147 Å². The Kier molecular flexibility index (Phi) is 7.65. The van der Waals surface area contributed by atoms with Crippen LogP contribution in [0, 0.1) is 0 Å². The van der Waals surface area contributed by atoms with E-state index >= 15 is 0 Å². The number of nitrogens with one attached hydrogen (secondary N) is 3. The SMILES string of the molecule is CNC(=O)c1ccc(/C=C\C(=O)NCCNC(=O)OC(C)(C)C)cc1. The summed E-state index contributed by atoms with van der Waals surface area (Å²) in [6, 6.07) is 6.86. The minimum Gasteiger partial charge on any atom is -0.444 e. The van der Waals surface area contributed by atoms with Crippen molar-refractivity contribution in [1.82, 2.24) is 16.0 Å². The highest BCUT2D eigenvalue weighted by atomic mass is 16.6. The van der Waals surface area contributed by atoms with Crippen LogP contribution in [0.25, 0.3) is 6.08 Å². The van der Waals surface area contributed by atoms with E-state index < -0.39 is 11.7 Å². The number of hydrogen-bond donors (Lipinski definition) is 3. The van der Waals surface area contributed by atoms with Crippen LogP contribution >= 0.6 is 0 Å². The lowest BCUT2D eigenvalue weighted by Gasteiger charge is -2.19. The van der Waals surface area contributed by atoms with Gasteiger partial charge in [0.15, 0.2) is 0 Å². The van der Waals surface area contributed by atoms with Crippen LogP contribution in [-0.4, -0.2) is 43.6 Å². The van der Waals surface area contributed by atoms with Crippen molar-refractivity contribution in [2.75, 3.05) is 20.1 Å². The average molecular weight is 347 g/mol. The molecule has 0 aliphatic carbocycles. The first-order valence-electron chi connectivity index (χ1n) is 7.96. The molecule has 0 aliphatic heterocycles. The zero-order valence-electron chi connectivity index (χ0n) is 15.0. The Morgan fingerprint density at radius 1 is 1.04 bits per heavy atom. The van der Waals surface area contributed by atoms with E-state index in [9.17, 15) is 14.4 Å². The largest absolute Gasteiger partial charge is 0.444 e. The van der Waals surface area contributed by atoms with Gasteiger partial charge in [-0.05, 0) is 44.5 Å². The molecular weight excluding hydrogens is 322 g/mol. The highest BCUT2D eigenvalue weighted by molar-refractivity contribution is 5.94. The number of rotatable bonds is 6. The summed E-state index contributed by atoms with van der Waals surface area (Å²) in [5.41, 5.74) is 0.802. The van der Waals surface area contributed by atoms with E-state index in [1.54, 1.807) is 58.2 Å². The normalized spacial score (nSPS) is 11.0. The summed E-state index contributed by atoms with van der Waals surface area (Å²) in [6.07, 6.45) is 2.51. The third kappa shape index (κ3) is 8.55. The minimum absolute atomic E-state index is 0.161. The summed E-state index contributed by atoms with van der Waals surface area (Å²) >= 11 is 0. The van der Waals surface area contributed by atoms with Gasteiger partial charge in [-0.3, -0.25) is 9.59 Å². The molecular formula is C18H25N3O4. The van der Waals surface area contributed by atoms with E-state index in [0.717, 1.165) is 5.56 Å². The van der Waals surface area contributed by atoms with Gasteiger partial charge >= 0.3 is 6.09 Å². The summed E-state index contributed by atoms with van der Waals surface area (Å²) in [5.74, 6) is -0.438. The maximum atomic E-state index is 11.7. The molecule has 0 aliphatic rings. The van der Waals surface area contributed by atoms with E-state index in [0.29, 0.717) is 5.56 Å². The molecule has 1 aromatic rings. The number of alkyl carbamates (subject to hydrolysis) is 1. The molecule has 0 saturated carbocycles. The number of hydrogen-bond acceptors (Lipinski definition) is 4. The van der Waals surface area contributed by atoms with E-state index in [2.05, 4.69) is 16.0 Å². The monoisotopic (exact) mass is 347 g/mol. The highest BCUT2D eigenvalue weighted by Crippen LogP contribution is 2.07. The van der Waals surface area contributed by atoms with Gasteiger partial charge in [0, 0.05) is 31.8 Å². The van der Waals surface area contributed by atoms with Gasteiger partial charge in [0.2, 0.25) is 5.91 Å². The molecule has 0 radical (unpaired) electrons. The van der Waals surface area contributed by atoms with Crippen LogP contribution < -0.4 is 16.0 Å². The average Bonchev–Trinajstić information content (AvgIpc) is 2.55. The first-order chi connectivity index (χ1) is 11.7. The van der Waals surface area contributed by atoms with E-state index in [1.165, 1.54) is 6.08 Å². The van der Waals surface area contributed by atoms with Crippen LogP contribution in [0.4, 0.5) is 4.79 Å². The van der Waals surface area contributed by atoms with Crippen molar-refractivity contribution in [2.45, 2.75) is 26.4 Å². The summed E-state index contributed by atoms with van der Waals surface area (Å²) in [4.78, 5) is 34.6.